The number of phenolic OH excluding ortho intramolecular Hbond substituents is 1. The van der Waals surface area contributed by atoms with Crippen LogP contribution in [0.5, 0.6) is 5.75 Å². The maximum absolute atomic E-state index is 13.9. The van der Waals surface area contributed by atoms with E-state index < -0.39 is 0 Å². The lowest BCUT2D eigenvalue weighted by Crippen LogP contribution is -2.34. The van der Waals surface area contributed by atoms with Crippen LogP contribution < -0.4 is 4.90 Å². The first kappa shape index (κ1) is 16.7. The number of para-hydroxylation sites is 1. The third-order valence-electron chi connectivity index (χ3n) is 5.03. The number of likely N-dealkylation sites (N-methyl/N-ethyl adjacent to an activating group) is 2. The summed E-state index contributed by atoms with van der Waals surface area (Å²) < 4.78 is 13.9. The van der Waals surface area contributed by atoms with Gasteiger partial charge in [0.25, 0.3) is 0 Å². The fourth-order valence-electron chi connectivity index (χ4n) is 3.54. The van der Waals surface area contributed by atoms with Crippen LogP contribution >= 0.6 is 0 Å². The fourth-order valence-corrected chi connectivity index (χ4v) is 3.54. The van der Waals surface area contributed by atoms with Gasteiger partial charge in [0, 0.05) is 25.0 Å². The van der Waals surface area contributed by atoms with Crippen molar-refractivity contribution in [3.05, 3.63) is 48.3 Å². The molecule has 2 heterocycles. The smallest absolute Gasteiger partial charge is 0.165 e. The number of anilines is 1. The monoisotopic (exact) mass is 352 g/mol. The number of hydrogen-bond donors (Lipinski definition) is 1. The number of nitrogens with zero attached hydrogens (tertiary/aromatic N) is 4. The summed E-state index contributed by atoms with van der Waals surface area (Å²) in [6, 6.07) is 11.8. The van der Waals surface area contributed by atoms with E-state index in [1.165, 1.54) is 12.1 Å². The van der Waals surface area contributed by atoms with Crippen molar-refractivity contribution in [3.8, 4) is 17.1 Å². The Labute approximate surface area is 151 Å². The summed E-state index contributed by atoms with van der Waals surface area (Å²) >= 11 is 0. The highest BCUT2D eigenvalue weighted by atomic mass is 19.1. The van der Waals surface area contributed by atoms with Crippen LogP contribution in [0.15, 0.2) is 42.5 Å². The molecule has 0 amide bonds. The Morgan fingerprint density at radius 2 is 2.00 bits per heavy atom. The molecule has 4 rings (SSSR count). The van der Waals surface area contributed by atoms with Gasteiger partial charge in [-0.2, -0.15) is 0 Å². The average molecular weight is 352 g/mol. The highest BCUT2D eigenvalue weighted by molar-refractivity contribution is 5.91. The van der Waals surface area contributed by atoms with Gasteiger partial charge in [-0.3, -0.25) is 0 Å². The lowest BCUT2D eigenvalue weighted by molar-refractivity contribution is 0.409. The van der Waals surface area contributed by atoms with Gasteiger partial charge in [-0.25, -0.2) is 14.4 Å². The molecule has 1 aliphatic rings. The predicted molar refractivity (Wildman–Crippen MR) is 101 cm³/mol. The molecule has 0 spiro atoms. The first-order valence-electron chi connectivity index (χ1n) is 8.70. The number of fused-ring (bicyclic) bond motifs is 1. The standard InChI is InChI=1S/C20H21FN4O/c1-24-10-9-14(12-24)25(2)20-16-11-13(21)7-8-17(16)22-19(23-20)15-5-3-4-6-18(15)26/h3-8,11,14,26H,9-10,12H2,1-2H3. The predicted octanol–water partition coefficient (Wildman–Crippen LogP) is 3.28. The summed E-state index contributed by atoms with van der Waals surface area (Å²) in [6.07, 6.45) is 1.03. The number of likely N-dealkylation sites (tertiary alicyclic amines) is 1. The summed E-state index contributed by atoms with van der Waals surface area (Å²) in [6.45, 7) is 1.96. The second-order valence-electron chi connectivity index (χ2n) is 6.87. The van der Waals surface area contributed by atoms with E-state index in [9.17, 15) is 9.50 Å². The van der Waals surface area contributed by atoms with E-state index in [1.807, 2.05) is 13.1 Å². The van der Waals surface area contributed by atoms with Crippen molar-refractivity contribution in [3.63, 3.8) is 0 Å². The highest BCUT2D eigenvalue weighted by Gasteiger charge is 2.26. The number of hydrogen-bond acceptors (Lipinski definition) is 5. The lowest BCUT2D eigenvalue weighted by atomic mass is 10.1. The molecule has 0 radical (unpaired) electrons. The Bertz CT molecular complexity index is 962. The van der Waals surface area contributed by atoms with Crippen molar-refractivity contribution in [1.82, 2.24) is 14.9 Å². The number of benzene rings is 2. The van der Waals surface area contributed by atoms with Gasteiger partial charge in [0.2, 0.25) is 0 Å². The zero-order valence-corrected chi connectivity index (χ0v) is 14.9. The van der Waals surface area contributed by atoms with Gasteiger partial charge in [0.15, 0.2) is 5.82 Å². The zero-order valence-electron chi connectivity index (χ0n) is 14.9. The van der Waals surface area contributed by atoms with Crippen molar-refractivity contribution in [1.29, 1.82) is 0 Å². The molecule has 0 bridgehead atoms. The van der Waals surface area contributed by atoms with Gasteiger partial charge in [0.05, 0.1) is 11.1 Å². The molecule has 1 N–H and O–H groups in total. The van der Waals surface area contributed by atoms with Gasteiger partial charge in [-0.15, -0.1) is 0 Å². The van der Waals surface area contributed by atoms with Crippen LogP contribution in [0.25, 0.3) is 22.3 Å². The van der Waals surface area contributed by atoms with Crippen LogP contribution in [0.2, 0.25) is 0 Å². The molecule has 0 saturated carbocycles. The lowest BCUT2D eigenvalue weighted by Gasteiger charge is -2.27. The third kappa shape index (κ3) is 2.97. The Balaban J connectivity index is 1.89. The Morgan fingerprint density at radius 3 is 2.73 bits per heavy atom. The largest absolute Gasteiger partial charge is 0.507 e. The molecular weight excluding hydrogens is 331 g/mol. The van der Waals surface area contributed by atoms with E-state index in [2.05, 4.69) is 21.8 Å². The number of rotatable bonds is 3. The van der Waals surface area contributed by atoms with E-state index in [0.717, 1.165) is 19.5 Å². The normalized spacial score (nSPS) is 17.7. The van der Waals surface area contributed by atoms with Gasteiger partial charge in [-0.1, -0.05) is 12.1 Å². The maximum Gasteiger partial charge on any atom is 0.165 e. The second kappa shape index (κ2) is 6.53. The molecule has 0 aliphatic carbocycles. The SMILES string of the molecule is CN1CCC(N(C)c2nc(-c3ccccc3O)nc3ccc(F)cc23)C1. The highest BCUT2D eigenvalue weighted by Crippen LogP contribution is 2.32. The summed E-state index contributed by atoms with van der Waals surface area (Å²) in [5, 5.41) is 10.9. The quantitative estimate of drug-likeness (QED) is 0.784. The molecule has 1 saturated heterocycles. The zero-order chi connectivity index (χ0) is 18.3. The van der Waals surface area contributed by atoms with E-state index in [1.54, 1.807) is 24.3 Å². The molecule has 1 aliphatic heterocycles. The van der Waals surface area contributed by atoms with Crippen molar-refractivity contribution >= 4 is 16.7 Å². The number of aromatic hydroxyl groups is 1. The average Bonchev–Trinajstić information content (AvgIpc) is 3.07. The van der Waals surface area contributed by atoms with E-state index in [-0.39, 0.29) is 11.6 Å². The fraction of sp³-hybridized carbons (Fsp3) is 0.300. The third-order valence-corrected chi connectivity index (χ3v) is 5.03. The van der Waals surface area contributed by atoms with Crippen LogP contribution in [0.4, 0.5) is 10.2 Å². The minimum atomic E-state index is -0.311. The van der Waals surface area contributed by atoms with Crippen LogP contribution in [0.3, 0.4) is 0 Å². The molecule has 1 atom stereocenters. The van der Waals surface area contributed by atoms with Gasteiger partial charge in [-0.05, 0) is 50.3 Å². The molecule has 134 valence electrons. The minimum absolute atomic E-state index is 0.128. The van der Waals surface area contributed by atoms with E-state index >= 15 is 0 Å². The summed E-state index contributed by atoms with van der Waals surface area (Å²) in [5.41, 5.74) is 1.23. The van der Waals surface area contributed by atoms with Crippen molar-refractivity contribution in [2.24, 2.45) is 0 Å². The molecule has 1 fully saturated rings. The second-order valence-corrected chi connectivity index (χ2v) is 6.87. The van der Waals surface area contributed by atoms with Gasteiger partial charge < -0.3 is 14.9 Å². The Kier molecular flexibility index (Phi) is 4.20. The number of halogens is 1. The molecule has 6 heteroatoms. The van der Waals surface area contributed by atoms with Crippen LogP contribution in [-0.4, -0.2) is 53.2 Å². The van der Waals surface area contributed by atoms with Crippen molar-refractivity contribution in [2.45, 2.75) is 12.5 Å². The molecule has 26 heavy (non-hydrogen) atoms. The first-order valence-corrected chi connectivity index (χ1v) is 8.70. The van der Waals surface area contributed by atoms with E-state index in [4.69, 9.17) is 4.98 Å². The molecule has 1 unspecified atom stereocenters. The van der Waals surface area contributed by atoms with Crippen LogP contribution in [0.1, 0.15) is 6.42 Å². The summed E-state index contributed by atoms with van der Waals surface area (Å²) in [7, 11) is 4.09. The molecule has 1 aromatic heterocycles. The number of phenols is 1. The molecular formula is C20H21FN4O. The first-order chi connectivity index (χ1) is 12.5. The Morgan fingerprint density at radius 1 is 1.19 bits per heavy atom. The summed E-state index contributed by atoms with van der Waals surface area (Å²) in [5.74, 6) is 0.946. The maximum atomic E-state index is 13.9. The molecule has 5 nitrogen and oxygen atoms in total. The summed E-state index contributed by atoms with van der Waals surface area (Å²) in [4.78, 5) is 13.6. The topological polar surface area (TPSA) is 52.5 Å². The minimum Gasteiger partial charge on any atom is -0.507 e. The molecule has 3 aromatic rings. The van der Waals surface area contributed by atoms with Crippen LogP contribution in [0, 0.1) is 5.82 Å². The van der Waals surface area contributed by atoms with Crippen LogP contribution in [-0.2, 0) is 0 Å². The molecule has 2 aromatic carbocycles. The van der Waals surface area contributed by atoms with Gasteiger partial charge >= 0.3 is 0 Å². The van der Waals surface area contributed by atoms with Crippen molar-refractivity contribution in [2.75, 3.05) is 32.1 Å². The van der Waals surface area contributed by atoms with E-state index in [0.29, 0.717) is 34.2 Å². The Hall–Kier alpha value is -2.73. The van der Waals surface area contributed by atoms with Gasteiger partial charge in [0.1, 0.15) is 17.4 Å². The number of aromatic nitrogens is 2. The van der Waals surface area contributed by atoms with Crippen molar-refractivity contribution < 1.29 is 9.50 Å².